The molecule has 1 rings (SSSR count). The van der Waals surface area contributed by atoms with E-state index in [1.807, 2.05) is 0 Å². The van der Waals surface area contributed by atoms with Gasteiger partial charge in [-0.2, -0.15) is 0 Å². The van der Waals surface area contributed by atoms with Gasteiger partial charge in [0.2, 0.25) is 0 Å². The fraction of sp³-hybridized carbons (Fsp3) is 1.00. The minimum Gasteiger partial charge on any atom is -0.0651 e. The van der Waals surface area contributed by atoms with Gasteiger partial charge in [0.25, 0.3) is 0 Å². The SMILES string of the molecule is CCC(C(C)(C)C)C(C)(C)C1(C)CCCCCCC(C)(C(C)(C)C)CCCCCC1. The molecular weight excluding hydrogens is 360 g/mol. The van der Waals surface area contributed by atoms with Crippen LogP contribution in [0.4, 0.5) is 0 Å². The maximum atomic E-state index is 2.66. The molecule has 0 radical (unpaired) electrons. The molecule has 0 aromatic carbocycles. The van der Waals surface area contributed by atoms with Gasteiger partial charge in [-0.1, -0.05) is 134 Å². The Hall–Kier alpha value is 0. The Kier molecular flexibility index (Phi) is 10.0. The normalized spacial score (nSPS) is 30.5. The van der Waals surface area contributed by atoms with Crippen molar-refractivity contribution in [2.75, 3.05) is 0 Å². The van der Waals surface area contributed by atoms with E-state index in [9.17, 15) is 0 Å². The van der Waals surface area contributed by atoms with Gasteiger partial charge in [0.05, 0.1) is 0 Å². The third-order valence-corrected chi connectivity index (χ3v) is 10.1. The number of rotatable bonds is 3. The van der Waals surface area contributed by atoms with Gasteiger partial charge in [-0.15, -0.1) is 0 Å². The van der Waals surface area contributed by atoms with Gasteiger partial charge < -0.3 is 0 Å². The van der Waals surface area contributed by atoms with Crippen LogP contribution in [0.3, 0.4) is 0 Å². The molecule has 0 saturated heterocycles. The highest BCUT2D eigenvalue weighted by Crippen LogP contribution is 2.56. The van der Waals surface area contributed by atoms with Gasteiger partial charge in [-0.05, 0) is 58.7 Å². The topological polar surface area (TPSA) is 0 Å². The Morgan fingerprint density at radius 1 is 0.567 bits per heavy atom. The standard InChI is InChI=1S/C30H60/c1-12-25(26(2,3)4)28(8,9)30(11)23-19-15-13-17-21-29(10,27(5,6)7)22-18-14-16-20-24-30/h25H,12-24H2,1-11H3. The smallest absolute Gasteiger partial charge is 0.0267 e. The van der Waals surface area contributed by atoms with Crippen LogP contribution in [0, 0.1) is 33.0 Å². The summed E-state index contributed by atoms with van der Waals surface area (Å²) in [6.45, 7) is 27.7. The van der Waals surface area contributed by atoms with E-state index in [1.165, 1.54) is 83.5 Å². The lowest BCUT2D eigenvalue weighted by Crippen LogP contribution is -2.46. The summed E-state index contributed by atoms with van der Waals surface area (Å²) in [4.78, 5) is 0. The first-order chi connectivity index (χ1) is 13.6. The third kappa shape index (κ3) is 7.00. The van der Waals surface area contributed by atoms with Crippen LogP contribution in [-0.4, -0.2) is 0 Å². The summed E-state index contributed by atoms with van der Waals surface area (Å²) < 4.78 is 0. The van der Waals surface area contributed by atoms with Crippen molar-refractivity contribution in [1.82, 2.24) is 0 Å². The highest BCUT2D eigenvalue weighted by molar-refractivity contribution is 4.97. The largest absolute Gasteiger partial charge is 0.0651 e. The van der Waals surface area contributed by atoms with Gasteiger partial charge in [-0.25, -0.2) is 0 Å². The van der Waals surface area contributed by atoms with E-state index in [0.717, 1.165) is 5.92 Å². The first-order valence-electron chi connectivity index (χ1n) is 13.6. The Morgan fingerprint density at radius 2 is 0.900 bits per heavy atom. The monoisotopic (exact) mass is 420 g/mol. The van der Waals surface area contributed by atoms with E-state index in [4.69, 9.17) is 0 Å². The summed E-state index contributed by atoms with van der Waals surface area (Å²) in [6.07, 6.45) is 18.4. The van der Waals surface area contributed by atoms with Gasteiger partial charge >= 0.3 is 0 Å². The summed E-state index contributed by atoms with van der Waals surface area (Å²) in [5, 5.41) is 0. The lowest BCUT2D eigenvalue weighted by Gasteiger charge is -2.54. The van der Waals surface area contributed by atoms with Crippen molar-refractivity contribution < 1.29 is 0 Å². The zero-order chi connectivity index (χ0) is 23.3. The molecule has 0 aromatic heterocycles. The maximum Gasteiger partial charge on any atom is -0.0267 e. The van der Waals surface area contributed by atoms with E-state index in [0.29, 0.717) is 27.1 Å². The second-order valence-corrected chi connectivity index (χ2v) is 14.2. The minimum absolute atomic E-state index is 0.387. The van der Waals surface area contributed by atoms with Crippen molar-refractivity contribution in [2.24, 2.45) is 33.0 Å². The van der Waals surface area contributed by atoms with Crippen LogP contribution in [0.15, 0.2) is 0 Å². The molecule has 1 atom stereocenters. The molecule has 1 aliphatic rings. The number of hydrogen-bond donors (Lipinski definition) is 0. The molecule has 1 fully saturated rings. The zero-order valence-electron chi connectivity index (χ0n) is 23.3. The Morgan fingerprint density at radius 3 is 1.17 bits per heavy atom. The molecule has 0 amide bonds. The highest BCUT2D eigenvalue weighted by atomic mass is 14.5. The fourth-order valence-corrected chi connectivity index (χ4v) is 7.04. The first kappa shape index (κ1) is 28.0. The van der Waals surface area contributed by atoms with E-state index >= 15 is 0 Å². The molecule has 1 saturated carbocycles. The van der Waals surface area contributed by atoms with Gasteiger partial charge in [-0.3, -0.25) is 0 Å². The van der Waals surface area contributed by atoms with Crippen molar-refractivity contribution >= 4 is 0 Å². The van der Waals surface area contributed by atoms with E-state index in [2.05, 4.69) is 76.2 Å². The lowest BCUT2D eigenvalue weighted by atomic mass is 9.51. The van der Waals surface area contributed by atoms with Crippen molar-refractivity contribution in [3.05, 3.63) is 0 Å². The Labute approximate surface area is 192 Å². The summed E-state index contributed by atoms with van der Waals surface area (Å²) in [7, 11) is 0. The second kappa shape index (κ2) is 10.7. The summed E-state index contributed by atoms with van der Waals surface area (Å²) >= 11 is 0. The van der Waals surface area contributed by atoms with E-state index in [1.54, 1.807) is 0 Å². The molecule has 180 valence electrons. The molecular formula is C30H60. The van der Waals surface area contributed by atoms with Crippen LogP contribution >= 0.6 is 0 Å². The molecule has 0 heteroatoms. The molecule has 0 nitrogen and oxygen atoms in total. The maximum absolute atomic E-state index is 2.66. The van der Waals surface area contributed by atoms with Gasteiger partial charge in [0.15, 0.2) is 0 Å². The van der Waals surface area contributed by atoms with Gasteiger partial charge in [0, 0.05) is 0 Å². The van der Waals surface area contributed by atoms with Crippen LogP contribution in [0.25, 0.3) is 0 Å². The van der Waals surface area contributed by atoms with Crippen LogP contribution in [-0.2, 0) is 0 Å². The molecule has 30 heavy (non-hydrogen) atoms. The summed E-state index contributed by atoms with van der Waals surface area (Å²) in [6, 6.07) is 0. The lowest BCUT2D eigenvalue weighted by molar-refractivity contribution is -0.0451. The van der Waals surface area contributed by atoms with Crippen molar-refractivity contribution in [3.8, 4) is 0 Å². The van der Waals surface area contributed by atoms with Crippen LogP contribution in [0.5, 0.6) is 0 Å². The summed E-state index contributed by atoms with van der Waals surface area (Å²) in [5.74, 6) is 0.779. The molecule has 1 unspecified atom stereocenters. The Bertz CT molecular complexity index is 465. The van der Waals surface area contributed by atoms with Crippen LogP contribution in [0.1, 0.15) is 160 Å². The predicted octanol–water partition coefficient (Wildman–Crippen LogP) is 10.8. The quantitative estimate of drug-likeness (QED) is 0.425. The highest BCUT2D eigenvalue weighted by Gasteiger charge is 2.48. The van der Waals surface area contributed by atoms with Crippen LogP contribution in [0.2, 0.25) is 0 Å². The summed E-state index contributed by atoms with van der Waals surface area (Å²) in [5.41, 5.74) is 2.17. The molecule has 1 aliphatic carbocycles. The predicted molar refractivity (Wildman–Crippen MR) is 138 cm³/mol. The zero-order valence-corrected chi connectivity index (χ0v) is 23.3. The van der Waals surface area contributed by atoms with Crippen molar-refractivity contribution in [1.29, 1.82) is 0 Å². The minimum atomic E-state index is 0.387. The molecule has 0 heterocycles. The molecule has 0 N–H and O–H groups in total. The van der Waals surface area contributed by atoms with E-state index in [-0.39, 0.29) is 0 Å². The third-order valence-electron chi connectivity index (χ3n) is 10.1. The van der Waals surface area contributed by atoms with Crippen LogP contribution < -0.4 is 0 Å². The number of hydrogen-bond acceptors (Lipinski definition) is 0. The van der Waals surface area contributed by atoms with Gasteiger partial charge in [0.1, 0.15) is 0 Å². The Balaban J connectivity index is 2.93. The second-order valence-electron chi connectivity index (χ2n) is 14.2. The molecule has 0 spiro atoms. The van der Waals surface area contributed by atoms with Crippen molar-refractivity contribution in [2.45, 2.75) is 160 Å². The molecule has 0 aliphatic heterocycles. The molecule has 0 bridgehead atoms. The first-order valence-corrected chi connectivity index (χ1v) is 13.6. The van der Waals surface area contributed by atoms with Crippen molar-refractivity contribution in [3.63, 3.8) is 0 Å². The average molecular weight is 421 g/mol. The fourth-order valence-electron chi connectivity index (χ4n) is 7.04. The van der Waals surface area contributed by atoms with E-state index < -0.39 is 0 Å². The average Bonchev–Trinajstić information content (AvgIpc) is 2.58. The molecule has 0 aromatic rings.